The van der Waals surface area contributed by atoms with E-state index in [1.165, 1.54) is 19.2 Å². The number of nitrogens with zero attached hydrogens (tertiary/aromatic N) is 3. The minimum absolute atomic E-state index is 0.158. The minimum Gasteiger partial charge on any atom is -0.497 e. The van der Waals surface area contributed by atoms with Crippen LogP contribution in [0.3, 0.4) is 0 Å². The molecule has 154 valence electrons. The number of hydrogen-bond acceptors (Lipinski definition) is 5. The van der Waals surface area contributed by atoms with Crippen LogP contribution < -0.4 is 10.1 Å². The lowest BCUT2D eigenvalue weighted by molar-refractivity contribution is 0.100. The Morgan fingerprint density at radius 3 is 2.48 bits per heavy atom. The molecule has 0 aliphatic heterocycles. The summed E-state index contributed by atoms with van der Waals surface area (Å²) in [5, 5.41) is 2.85. The fourth-order valence-corrected chi connectivity index (χ4v) is 3.09. The Bertz CT molecular complexity index is 1230. The summed E-state index contributed by atoms with van der Waals surface area (Å²) >= 11 is 0. The Hall–Kier alpha value is -4.26. The number of rotatable bonds is 6. The summed E-state index contributed by atoms with van der Waals surface area (Å²) in [6.07, 6.45) is 3.24. The number of carbonyl (C=O) groups excluding carboxylic acids is 2. The van der Waals surface area contributed by atoms with Crippen LogP contribution in [-0.4, -0.2) is 33.3 Å². The van der Waals surface area contributed by atoms with Crippen LogP contribution in [0.4, 0.5) is 5.95 Å². The van der Waals surface area contributed by atoms with Gasteiger partial charge < -0.3 is 4.74 Å². The maximum absolute atomic E-state index is 12.8. The lowest BCUT2D eigenvalue weighted by atomic mass is 10.1. The summed E-state index contributed by atoms with van der Waals surface area (Å²) in [6.45, 7) is 1.43. The molecule has 0 saturated carbocycles. The third kappa shape index (κ3) is 4.35. The first-order chi connectivity index (χ1) is 15.0. The van der Waals surface area contributed by atoms with Gasteiger partial charge in [-0.2, -0.15) is 0 Å². The Kier molecular flexibility index (Phi) is 5.57. The molecular formula is C24H20N4O3. The fraction of sp³-hybridized carbons (Fsp3) is 0.0833. The number of ether oxygens (including phenoxy) is 1. The Balaban J connectivity index is 1.70. The van der Waals surface area contributed by atoms with Gasteiger partial charge >= 0.3 is 0 Å². The van der Waals surface area contributed by atoms with Gasteiger partial charge in [-0.25, -0.2) is 4.98 Å². The van der Waals surface area contributed by atoms with Crippen molar-refractivity contribution < 1.29 is 14.3 Å². The van der Waals surface area contributed by atoms with Gasteiger partial charge in [0.2, 0.25) is 5.95 Å². The number of pyridine rings is 1. The van der Waals surface area contributed by atoms with E-state index in [0.717, 1.165) is 11.3 Å². The predicted molar refractivity (Wildman–Crippen MR) is 118 cm³/mol. The number of benzene rings is 2. The van der Waals surface area contributed by atoms with Gasteiger partial charge in [0.1, 0.15) is 11.4 Å². The van der Waals surface area contributed by atoms with E-state index in [-0.39, 0.29) is 11.7 Å². The van der Waals surface area contributed by atoms with Gasteiger partial charge in [-0.15, -0.1) is 0 Å². The number of Topliss-reactive ketones (excluding diaryl/α,β-unsaturated/α-hetero) is 1. The first-order valence-electron chi connectivity index (χ1n) is 9.63. The van der Waals surface area contributed by atoms with Crippen molar-refractivity contribution in [1.29, 1.82) is 0 Å². The summed E-state index contributed by atoms with van der Waals surface area (Å²) < 4.78 is 7.12. The number of imidazole rings is 1. The van der Waals surface area contributed by atoms with Crippen molar-refractivity contribution >= 4 is 17.6 Å². The van der Waals surface area contributed by atoms with E-state index < -0.39 is 0 Å². The van der Waals surface area contributed by atoms with Gasteiger partial charge in [0.05, 0.1) is 18.4 Å². The Morgan fingerprint density at radius 1 is 1.00 bits per heavy atom. The minimum atomic E-state index is -0.373. The third-order valence-corrected chi connectivity index (χ3v) is 4.72. The van der Waals surface area contributed by atoms with Crippen molar-refractivity contribution in [3.05, 3.63) is 90.4 Å². The fourth-order valence-electron chi connectivity index (χ4n) is 3.09. The van der Waals surface area contributed by atoms with Crippen molar-refractivity contribution in [2.24, 2.45) is 0 Å². The maximum Gasteiger partial charge on any atom is 0.259 e. The van der Waals surface area contributed by atoms with E-state index >= 15 is 0 Å². The summed E-state index contributed by atoms with van der Waals surface area (Å²) in [5.74, 6) is 0.552. The molecule has 2 aromatic carbocycles. The number of ketones is 1. The second kappa shape index (κ2) is 8.62. The molecule has 31 heavy (non-hydrogen) atoms. The van der Waals surface area contributed by atoms with Crippen molar-refractivity contribution in [3.63, 3.8) is 0 Å². The van der Waals surface area contributed by atoms with Gasteiger partial charge in [0.15, 0.2) is 5.78 Å². The van der Waals surface area contributed by atoms with Crippen LogP contribution in [0.5, 0.6) is 5.75 Å². The molecule has 2 aromatic heterocycles. The molecule has 0 bridgehead atoms. The molecule has 1 N–H and O–H groups in total. The van der Waals surface area contributed by atoms with E-state index in [4.69, 9.17) is 4.74 Å². The summed E-state index contributed by atoms with van der Waals surface area (Å²) in [6, 6.07) is 20.3. The van der Waals surface area contributed by atoms with Gasteiger partial charge in [-0.3, -0.25) is 24.5 Å². The lowest BCUT2D eigenvalue weighted by Crippen LogP contribution is -2.16. The van der Waals surface area contributed by atoms with Crippen LogP contribution in [0.2, 0.25) is 0 Å². The van der Waals surface area contributed by atoms with Gasteiger partial charge in [-0.05, 0) is 36.4 Å². The molecule has 4 rings (SSSR count). The molecule has 7 nitrogen and oxygen atoms in total. The molecule has 0 spiro atoms. The van der Waals surface area contributed by atoms with Gasteiger partial charge in [-0.1, -0.05) is 30.3 Å². The molecule has 0 atom stereocenters. The number of para-hydroxylation sites is 1. The van der Waals surface area contributed by atoms with Crippen LogP contribution >= 0.6 is 0 Å². The van der Waals surface area contributed by atoms with E-state index in [1.54, 1.807) is 13.2 Å². The molecule has 4 aromatic rings. The maximum atomic E-state index is 12.8. The van der Waals surface area contributed by atoms with Crippen LogP contribution in [0.25, 0.3) is 16.9 Å². The standard InChI is InChI=1S/C24H20N4O3/c1-16(29)21-12-11-18(14-25-21)23(30)27-24-26-22(17-7-6-10-20(13-17)31-2)15-28(24)19-8-4-3-5-9-19/h3-15H,1-2H3,(H,26,27,30). The van der Waals surface area contributed by atoms with Crippen molar-refractivity contribution in [1.82, 2.24) is 14.5 Å². The number of nitrogens with one attached hydrogen (secondary N) is 1. The summed E-state index contributed by atoms with van der Waals surface area (Å²) in [7, 11) is 1.61. The zero-order chi connectivity index (χ0) is 21.8. The van der Waals surface area contributed by atoms with Crippen LogP contribution in [0, 0.1) is 0 Å². The molecule has 0 aliphatic carbocycles. The number of methoxy groups -OCH3 is 1. The second-order valence-electron chi connectivity index (χ2n) is 6.83. The number of hydrogen-bond donors (Lipinski definition) is 1. The van der Waals surface area contributed by atoms with Crippen molar-refractivity contribution in [3.8, 4) is 22.7 Å². The van der Waals surface area contributed by atoms with Crippen LogP contribution in [0.15, 0.2) is 79.1 Å². The summed E-state index contributed by atoms with van der Waals surface area (Å²) in [5.41, 5.74) is 3.03. The summed E-state index contributed by atoms with van der Waals surface area (Å²) in [4.78, 5) is 32.9. The Labute approximate surface area is 179 Å². The highest BCUT2D eigenvalue weighted by molar-refractivity contribution is 6.04. The zero-order valence-electron chi connectivity index (χ0n) is 17.1. The third-order valence-electron chi connectivity index (χ3n) is 4.72. The monoisotopic (exact) mass is 412 g/mol. The average Bonchev–Trinajstić information content (AvgIpc) is 3.23. The molecule has 0 saturated heterocycles. The predicted octanol–water partition coefficient (Wildman–Crippen LogP) is 4.40. The highest BCUT2D eigenvalue weighted by Gasteiger charge is 2.16. The molecule has 0 fully saturated rings. The largest absolute Gasteiger partial charge is 0.497 e. The molecule has 0 unspecified atom stereocenters. The Morgan fingerprint density at radius 2 is 1.81 bits per heavy atom. The topological polar surface area (TPSA) is 86.1 Å². The second-order valence-corrected chi connectivity index (χ2v) is 6.83. The van der Waals surface area contributed by atoms with Crippen LogP contribution in [-0.2, 0) is 0 Å². The van der Waals surface area contributed by atoms with Crippen molar-refractivity contribution in [2.45, 2.75) is 6.92 Å². The molecule has 2 heterocycles. The normalized spacial score (nSPS) is 10.5. The number of aromatic nitrogens is 3. The first-order valence-corrected chi connectivity index (χ1v) is 9.63. The lowest BCUT2D eigenvalue weighted by Gasteiger charge is -2.08. The average molecular weight is 412 g/mol. The van der Waals surface area contributed by atoms with Gasteiger partial charge in [0, 0.05) is 30.6 Å². The highest BCUT2D eigenvalue weighted by atomic mass is 16.5. The molecular weight excluding hydrogens is 392 g/mol. The zero-order valence-corrected chi connectivity index (χ0v) is 17.1. The van der Waals surface area contributed by atoms with E-state index in [9.17, 15) is 9.59 Å². The highest BCUT2D eigenvalue weighted by Crippen LogP contribution is 2.27. The molecule has 1 amide bonds. The quantitative estimate of drug-likeness (QED) is 0.475. The number of carbonyl (C=O) groups is 2. The van der Waals surface area contributed by atoms with Crippen LogP contribution in [0.1, 0.15) is 27.8 Å². The smallest absolute Gasteiger partial charge is 0.259 e. The van der Waals surface area contributed by atoms with Crippen molar-refractivity contribution in [2.75, 3.05) is 12.4 Å². The molecule has 0 radical (unpaired) electrons. The first kappa shape index (κ1) is 20.0. The van der Waals surface area contributed by atoms with E-state index in [2.05, 4.69) is 15.3 Å². The number of amides is 1. The van der Waals surface area contributed by atoms with Gasteiger partial charge in [0.25, 0.3) is 5.91 Å². The molecule has 7 heteroatoms. The van der Waals surface area contributed by atoms with E-state index in [1.807, 2.05) is 65.4 Å². The number of anilines is 1. The molecule has 0 aliphatic rings. The SMILES string of the molecule is COc1cccc(-c2cn(-c3ccccc3)c(NC(=O)c3ccc(C(C)=O)nc3)n2)c1. The van der Waals surface area contributed by atoms with E-state index in [0.29, 0.717) is 28.6 Å².